The zero-order valence-electron chi connectivity index (χ0n) is 10.1. The number of carbonyl (C=O) groups is 1. The Balaban J connectivity index is 5.27. The number of hydrogen-bond acceptors (Lipinski definition) is 8. The Morgan fingerprint density at radius 1 is 1.05 bits per heavy atom. The van der Waals surface area contributed by atoms with Gasteiger partial charge in [0.1, 0.15) is 24.9 Å². The van der Waals surface area contributed by atoms with E-state index in [9.17, 15) is 19.0 Å². The summed E-state index contributed by atoms with van der Waals surface area (Å²) in [5, 5.41) is 26.4. The van der Waals surface area contributed by atoms with Crippen molar-refractivity contribution >= 4 is 21.8 Å². The van der Waals surface area contributed by atoms with Gasteiger partial charge in [0.2, 0.25) is 0 Å². The lowest BCUT2D eigenvalue weighted by atomic mass is 10.1. The van der Waals surface area contributed by atoms with Crippen LogP contribution in [0.4, 0.5) is 4.79 Å². The van der Waals surface area contributed by atoms with Crippen LogP contribution < -0.4 is 0 Å². The second-order valence-electron chi connectivity index (χ2n) is 3.52. The van der Waals surface area contributed by atoms with Crippen LogP contribution in [0.1, 0.15) is 0 Å². The van der Waals surface area contributed by atoms with Gasteiger partial charge in [-0.05, 0) is 0 Å². The average Bonchev–Trinajstić information content (AvgIpc) is 2.28. The topological polar surface area (TPSA) is 221 Å². The monoisotopic (exact) mass is 356 g/mol. The molecular weight excluding hydrogens is 342 g/mol. The number of phosphoric ester groups is 2. The Morgan fingerprint density at radius 3 is 1.86 bits per heavy atom. The summed E-state index contributed by atoms with van der Waals surface area (Å²) >= 11 is 0. The molecule has 13 nitrogen and oxygen atoms in total. The van der Waals surface area contributed by atoms with Gasteiger partial charge in [-0.3, -0.25) is 9.05 Å². The van der Waals surface area contributed by atoms with Crippen LogP contribution in [0, 0.1) is 0 Å². The van der Waals surface area contributed by atoms with Crippen LogP contribution in [0.15, 0.2) is 0 Å². The van der Waals surface area contributed by atoms with Crippen LogP contribution >= 0.6 is 15.6 Å². The van der Waals surface area contributed by atoms with E-state index in [1.807, 2.05) is 0 Å². The van der Waals surface area contributed by atoms with Crippen molar-refractivity contribution in [2.24, 2.45) is 0 Å². The minimum atomic E-state index is -5.26. The van der Waals surface area contributed by atoms with Gasteiger partial charge in [0.05, 0.1) is 6.61 Å². The minimum Gasteiger partial charge on any atom is -0.450 e. The summed E-state index contributed by atoms with van der Waals surface area (Å²) in [6, 6.07) is 0. The molecule has 0 radical (unpaired) electrons. The quantitative estimate of drug-likeness (QED) is 0.175. The minimum absolute atomic E-state index is 1.13. The van der Waals surface area contributed by atoms with E-state index in [0.717, 1.165) is 0 Å². The standard InChI is InChI=1S/C6H14O13P2/c7-1-3(8)5(19-21(14,15)16)4(2-17-6(9)10)18-20(11,12)13/h3-5,7-8H,1-2H2,(H,9,10)(H2,11,12,13)(H2,14,15,16). The van der Waals surface area contributed by atoms with Gasteiger partial charge in [-0.1, -0.05) is 0 Å². The Hall–Kier alpha value is -0.590. The molecule has 0 rings (SSSR count). The Bertz CT molecular complexity index is 424. The number of hydrogen-bond donors (Lipinski definition) is 7. The number of carboxylic acid groups (broad SMARTS) is 1. The molecule has 0 saturated heterocycles. The summed E-state index contributed by atoms with van der Waals surface area (Å²) in [6.45, 7) is -2.26. The summed E-state index contributed by atoms with van der Waals surface area (Å²) in [4.78, 5) is 44.8. The normalized spacial score (nSPS) is 17.0. The van der Waals surface area contributed by atoms with Gasteiger partial charge in [-0.2, -0.15) is 0 Å². The van der Waals surface area contributed by atoms with Crippen molar-refractivity contribution in [1.82, 2.24) is 0 Å². The first-order valence-electron chi connectivity index (χ1n) is 4.98. The maximum Gasteiger partial charge on any atom is 0.505 e. The molecule has 126 valence electrons. The van der Waals surface area contributed by atoms with Gasteiger partial charge in [0.15, 0.2) is 0 Å². The average molecular weight is 356 g/mol. The molecule has 0 amide bonds. The van der Waals surface area contributed by atoms with Crippen molar-refractivity contribution < 1.29 is 62.6 Å². The lowest BCUT2D eigenvalue weighted by Gasteiger charge is -2.29. The van der Waals surface area contributed by atoms with Crippen LogP contribution in [0.25, 0.3) is 0 Å². The van der Waals surface area contributed by atoms with Crippen molar-refractivity contribution in [2.45, 2.75) is 18.3 Å². The Morgan fingerprint density at radius 2 is 1.52 bits per heavy atom. The molecule has 15 heteroatoms. The van der Waals surface area contributed by atoms with E-state index < -0.39 is 53.3 Å². The molecule has 7 N–H and O–H groups in total. The zero-order valence-corrected chi connectivity index (χ0v) is 11.9. The summed E-state index contributed by atoms with van der Waals surface area (Å²) in [6.07, 6.45) is -8.21. The van der Waals surface area contributed by atoms with Crippen molar-refractivity contribution in [3.05, 3.63) is 0 Å². The molecule has 0 aliphatic rings. The highest BCUT2D eigenvalue weighted by atomic mass is 31.2. The molecule has 0 aromatic rings. The fourth-order valence-corrected chi connectivity index (χ4v) is 2.29. The Labute approximate surface area is 117 Å². The highest BCUT2D eigenvalue weighted by molar-refractivity contribution is 7.46. The number of rotatable bonds is 9. The molecule has 0 aliphatic carbocycles. The van der Waals surface area contributed by atoms with Crippen LogP contribution in [-0.4, -0.2) is 72.6 Å². The van der Waals surface area contributed by atoms with E-state index in [4.69, 9.17) is 29.8 Å². The molecule has 0 aromatic heterocycles. The van der Waals surface area contributed by atoms with Crippen molar-refractivity contribution in [3.8, 4) is 0 Å². The van der Waals surface area contributed by atoms with Crippen LogP contribution in [-0.2, 0) is 22.9 Å². The van der Waals surface area contributed by atoms with Gasteiger partial charge in [0, 0.05) is 0 Å². The molecule has 0 spiro atoms. The zero-order chi connectivity index (χ0) is 16.8. The van der Waals surface area contributed by atoms with E-state index >= 15 is 0 Å². The second kappa shape index (κ2) is 8.15. The first kappa shape index (κ1) is 20.4. The highest BCUT2D eigenvalue weighted by Crippen LogP contribution is 2.43. The molecule has 0 heterocycles. The van der Waals surface area contributed by atoms with E-state index in [-0.39, 0.29) is 0 Å². The lowest BCUT2D eigenvalue weighted by Crippen LogP contribution is -2.44. The first-order valence-corrected chi connectivity index (χ1v) is 8.04. The highest BCUT2D eigenvalue weighted by Gasteiger charge is 2.39. The maximum absolute atomic E-state index is 10.7. The van der Waals surface area contributed by atoms with Gasteiger partial charge < -0.3 is 39.6 Å². The predicted molar refractivity (Wildman–Crippen MR) is 60.9 cm³/mol. The Kier molecular flexibility index (Phi) is 7.92. The molecule has 0 saturated carbocycles. The molecule has 0 fully saturated rings. The third-order valence-electron chi connectivity index (χ3n) is 1.84. The van der Waals surface area contributed by atoms with Gasteiger partial charge >= 0.3 is 21.8 Å². The molecule has 21 heavy (non-hydrogen) atoms. The largest absolute Gasteiger partial charge is 0.505 e. The SMILES string of the molecule is O=C(O)OCC(OP(=O)(O)O)C(OP(=O)(O)O)C(O)CO. The number of aliphatic hydroxyl groups is 2. The fourth-order valence-electron chi connectivity index (χ4n) is 1.16. The molecule has 0 aromatic carbocycles. The molecule has 3 unspecified atom stereocenters. The third kappa shape index (κ3) is 9.87. The van der Waals surface area contributed by atoms with E-state index in [1.165, 1.54) is 0 Å². The van der Waals surface area contributed by atoms with Crippen molar-refractivity contribution in [2.75, 3.05) is 13.2 Å². The third-order valence-corrected chi connectivity index (χ3v) is 2.90. The second-order valence-corrected chi connectivity index (χ2v) is 5.91. The molecule has 0 bridgehead atoms. The van der Waals surface area contributed by atoms with Crippen LogP contribution in [0.3, 0.4) is 0 Å². The predicted octanol–water partition coefficient (Wildman–Crippen LogP) is -2.01. The molecule has 0 aliphatic heterocycles. The van der Waals surface area contributed by atoms with E-state index in [2.05, 4.69) is 13.8 Å². The molecular formula is C6H14O13P2. The summed E-state index contributed by atoms with van der Waals surface area (Å²) in [5.41, 5.74) is 0. The van der Waals surface area contributed by atoms with Crippen LogP contribution in [0.5, 0.6) is 0 Å². The number of aliphatic hydroxyl groups excluding tert-OH is 2. The number of ether oxygens (including phenoxy) is 1. The number of phosphoric acid groups is 2. The summed E-state index contributed by atoms with van der Waals surface area (Å²) in [7, 11) is -10.5. The van der Waals surface area contributed by atoms with E-state index in [1.54, 1.807) is 0 Å². The van der Waals surface area contributed by atoms with Crippen molar-refractivity contribution in [1.29, 1.82) is 0 Å². The molecule has 3 atom stereocenters. The van der Waals surface area contributed by atoms with Crippen molar-refractivity contribution in [3.63, 3.8) is 0 Å². The maximum atomic E-state index is 10.7. The summed E-state index contributed by atoms with van der Waals surface area (Å²) in [5.74, 6) is 0. The smallest absolute Gasteiger partial charge is 0.450 e. The lowest BCUT2D eigenvalue weighted by molar-refractivity contribution is -0.0873. The van der Waals surface area contributed by atoms with Gasteiger partial charge in [-0.15, -0.1) is 0 Å². The summed E-state index contributed by atoms with van der Waals surface area (Å²) < 4.78 is 33.6. The van der Waals surface area contributed by atoms with E-state index in [0.29, 0.717) is 0 Å². The fraction of sp³-hybridized carbons (Fsp3) is 0.833. The van der Waals surface area contributed by atoms with Crippen LogP contribution in [0.2, 0.25) is 0 Å². The first-order chi connectivity index (χ1) is 9.35. The van der Waals surface area contributed by atoms with Gasteiger partial charge in [-0.25, -0.2) is 13.9 Å². The van der Waals surface area contributed by atoms with Gasteiger partial charge in [0.25, 0.3) is 0 Å².